The maximum atomic E-state index is 10.9. The lowest BCUT2D eigenvalue weighted by atomic mass is 9.80. The summed E-state index contributed by atoms with van der Waals surface area (Å²) in [6.07, 6.45) is 2.89. The lowest BCUT2D eigenvalue weighted by Crippen LogP contribution is -2.33. The van der Waals surface area contributed by atoms with Gasteiger partial charge in [-0.2, -0.15) is 0 Å². The van der Waals surface area contributed by atoms with Gasteiger partial charge in [0.15, 0.2) is 0 Å². The molecule has 0 radical (unpaired) electrons. The fourth-order valence-corrected chi connectivity index (χ4v) is 3.13. The van der Waals surface area contributed by atoms with Crippen LogP contribution in [0.15, 0.2) is 0 Å². The van der Waals surface area contributed by atoms with Crippen LogP contribution in [0.1, 0.15) is 19.3 Å². The van der Waals surface area contributed by atoms with E-state index in [-0.39, 0.29) is 11.5 Å². The van der Waals surface area contributed by atoms with Gasteiger partial charge < -0.3 is 9.84 Å². The second-order valence-corrected chi connectivity index (χ2v) is 5.05. The first kappa shape index (κ1) is 10.3. The predicted molar refractivity (Wildman–Crippen MR) is 54.9 cm³/mol. The highest BCUT2D eigenvalue weighted by Gasteiger charge is 2.46. The summed E-state index contributed by atoms with van der Waals surface area (Å²) in [5.41, 5.74) is 0.100. The number of aliphatic carboxylic acids is 1. The SMILES string of the molecule is O=C(O)[C@@H]1C[C@@]2(CCCOC2)CN1P. The third kappa shape index (κ3) is 1.79. The first-order chi connectivity index (χ1) is 6.63. The van der Waals surface area contributed by atoms with Gasteiger partial charge in [-0.3, -0.25) is 9.46 Å². The summed E-state index contributed by atoms with van der Waals surface area (Å²) in [7, 11) is 2.52. The number of carbonyl (C=O) groups is 1. The molecule has 1 N–H and O–H groups in total. The average Bonchev–Trinajstić information content (AvgIpc) is 2.44. The van der Waals surface area contributed by atoms with E-state index in [0.29, 0.717) is 0 Å². The highest BCUT2D eigenvalue weighted by molar-refractivity contribution is 7.13. The van der Waals surface area contributed by atoms with Crippen molar-refractivity contribution in [2.45, 2.75) is 25.3 Å². The number of nitrogens with zero attached hydrogens (tertiary/aromatic N) is 1. The summed E-state index contributed by atoms with van der Waals surface area (Å²) in [5, 5.41) is 9.00. The van der Waals surface area contributed by atoms with Gasteiger partial charge in [-0.15, -0.1) is 0 Å². The van der Waals surface area contributed by atoms with E-state index >= 15 is 0 Å². The summed E-state index contributed by atoms with van der Waals surface area (Å²) >= 11 is 0. The number of ether oxygens (including phenoxy) is 1. The van der Waals surface area contributed by atoms with Crippen molar-refractivity contribution in [1.82, 2.24) is 4.67 Å². The predicted octanol–water partition coefficient (Wildman–Crippen LogP) is 0.732. The van der Waals surface area contributed by atoms with Crippen molar-refractivity contribution in [2.24, 2.45) is 5.41 Å². The minimum absolute atomic E-state index is 0.100. The summed E-state index contributed by atoms with van der Waals surface area (Å²) in [4.78, 5) is 10.9. The number of hydrogen-bond donors (Lipinski definition) is 1. The van der Waals surface area contributed by atoms with Gasteiger partial charge in [0, 0.05) is 18.6 Å². The van der Waals surface area contributed by atoms with E-state index in [1.54, 1.807) is 0 Å². The van der Waals surface area contributed by atoms with Crippen molar-refractivity contribution < 1.29 is 14.6 Å². The Morgan fingerprint density at radius 2 is 2.43 bits per heavy atom. The molecule has 0 aromatic rings. The largest absolute Gasteiger partial charge is 0.480 e. The zero-order valence-electron chi connectivity index (χ0n) is 8.11. The minimum Gasteiger partial charge on any atom is -0.480 e. The normalized spacial score (nSPS) is 39.1. The quantitative estimate of drug-likeness (QED) is 0.658. The number of carboxylic acid groups (broad SMARTS) is 1. The highest BCUT2D eigenvalue weighted by atomic mass is 31.0. The first-order valence-electron chi connectivity index (χ1n) is 4.95. The van der Waals surface area contributed by atoms with E-state index in [1.807, 2.05) is 4.67 Å². The van der Waals surface area contributed by atoms with Crippen LogP contribution in [-0.2, 0) is 9.53 Å². The molecule has 2 saturated heterocycles. The molecule has 80 valence electrons. The molecular weight excluding hydrogens is 201 g/mol. The molecule has 0 saturated carbocycles. The number of hydrogen-bond acceptors (Lipinski definition) is 3. The van der Waals surface area contributed by atoms with Gasteiger partial charge in [0.25, 0.3) is 0 Å². The number of carboxylic acids is 1. The van der Waals surface area contributed by atoms with Crippen molar-refractivity contribution in [3.8, 4) is 0 Å². The van der Waals surface area contributed by atoms with Gasteiger partial charge in [0.05, 0.1) is 6.61 Å². The van der Waals surface area contributed by atoms with Crippen LogP contribution in [0.25, 0.3) is 0 Å². The molecule has 1 spiro atoms. The van der Waals surface area contributed by atoms with E-state index < -0.39 is 5.97 Å². The standard InChI is InChI=1S/C9H16NO3P/c11-8(12)7-4-9(5-10(7)14)2-1-3-13-6-9/h7H,1-6,14H2,(H,11,12)/t7-,9-/m0/s1. The van der Waals surface area contributed by atoms with Crippen molar-refractivity contribution in [1.29, 1.82) is 0 Å². The third-order valence-electron chi connectivity index (χ3n) is 3.23. The van der Waals surface area contributed by atoms with Crippen molar-refractivity contribution >= 4 is 15.4 Å². The Balaban J connectivity index is 2.06. The topological polar surface area (TPSA) is 49.8 Å². The van der Waals surface area contributed by atoms with Gasteiger partial charge in [-0.25, -0.2) is 0 Å². The minimum atomic E-state index is -0.720. The van der Waals surface area contributed by atoms with E-state index in [1.165, 1.54) is 0 Å². The molecule has 0 aromatic carbocycles. The average molecular weight is 217 g/mol. The Labute approximate surface area is 85.9 Å². The molecule has 3 atom stereocenters. The van der Waals surface area contributed by atoms with Gasteiger partial charge in [-0.05, 0) is 19.3 Å². The zero-order valence-corrected chi connectivity index (χ0v) is 9.26. The van der Waals surface area contributed by atoms with Crippen molar-refractivity contribution in [2.75, 3.05) is 19.8 Å². The van der Waals surface area contributed by atoms with E-state index in [4.69, 9.17) is 9.84 Å². The molecule has 2 rings (SSSR count). The molecule has 0 aromatic heterocycles. The molecule has 0 aliphatic carbocycles. The van der Waals surface area contributed by atoms with Crippen molar-refractivity contribution in [3.63, 3.8) is 0 Å². The van der Waals surface area contributed by atoms with Gasteiger partial charge in [-0.1, -0.05) is 9.39 Å². The van der Waals surface area contributed by atoms with Crippen LogP contribution in [-0.4, -0.2) is 41.5 Å². The van der Waals surface area contributed by atoms with Crippen LogP contribution in [0.5, 0.6) is 0 Å². The van der Waals surface area contributed by atoms with Crippen LogP contribution in [0.4, 0.5) is 0 Å². The summed E-state index contributed by atoms with van der Waals surface area (Å²) in [6.45, 7) is 2.38. The van der Waals surface area contributed by atoms with Crippen LogP contribution in [0, 0.1) is 5.41 Å². The van der Waals surface area contributed by atoms with Crippen LogP contribution < -0.4 is 0 Å². The first-order valence-corrected chi connectivity index (χ1v) is 5.47. The zero-order chi connectivity index (χ0) is 10.2. The lowest BCUT2D eigenvalue weighted by Gasteiger charge is -2.32. The Morgan fingerprint density at radius 3 is 2.93 bits per heavy atom. The molecule has 2 heterocycles. The third-order valence-corrected chi connectivity index (χ3v) is 3.78. The Kier molecular flexibility index (Phi) is 2.78. The van der Waals surface area contributed by atoms with Crippen LogP contribution in [0.2, 0.25) is 0 Å². The maximum absolute atomic E-state index is 10.9. The molecule has 4 nitrogen and oxygen atoms in total. The van der Waals surface area contributed by atoms with Crippen molar-refractivity contribution in [3.05, 3.63) is 0 Å². The van der Waals surface area contributed by atoms with Crippen LogP contribution in [0.3, 0.4) is 0 Å². The van der Waals surface area contributed by atoms with E-state index in [0.717, 1.165) is 39.0 Å². The maximum Gasteiger partial charge on any atom is 0.321 e. The molecule has 2 fully saturated rings. The van der Waals surface area contributed by atoms with Gasteiger partial charge >= 0.3 is 5.97 Å². The highest BCUT2D eigenvalue weighted by Crippen LogP contribution is 2.42. The molecule has 2 aliphatic rings. The second-order valence-electron chi connectivity index (χ2n) is 4.39. The fourth-order valence-electron chi connectivity index (χ4n) is 2.51. The summed E-state index contributed by atoms with van der Waals surface area (Å²) in [5.74, 6) is -0.720. The molecule has 14 heavy (non-hydrogen) atoms. The molecule has 5 heteroatoms. The molecule has 1 unspecified atom stereocenters. The van der Waals surface area contributed by atoms with Gasteiger partial charge in [0.1, 0.15) is 6.04 Å². The molecular formula is C9H16NO3P. The Morgan fingerprint density at radius 1 is 1.64 bits per heavy atom. The summed E-state index contributed by atoms with van der Waals surface area (Å²) < 4.78 is 7.31. The number of rotatable bonds is 1. The summed E-state index contributed by atoms with van der Waals surface area (Å²) in [6, 6.07) is -0.346. The van der Waals surface area contributed by atoms with E-state index in [9.17, 15) is 4.79 Å². The lowest BCUT2D eigenvalue weighted by molar-refractivity contribution is -0.140. The van der Waals surface area contributed by atoms with Gasteiger partial charge in [0.2, 0.25) is 0 Å². The second kappa shape index (κ2) is 3.76. The Hall–Kier alpha value is -0.180. The van der Waals surface area contributed by atoms with Crippen LogP contribution >= 0.6 is 9.39 Å². The smallest absolute Gasteiger partial charge is 0.321 e. The molecule has 2 aliphatic heterocycles. The van der Waals surface area contributed by atoms with E-state index in [2.05, 4.69) is 9.39 Å². The molecule has 0 amide bonds. The fraction of sp³-hybridized carbons (Fsp3) is 0.889. The molecule has 0 bridgehead atoms. The Bertz CT molecular complexity index is 240. The monoisotopic (exact) mass is 217 g/mol.